The number of hydrogen-bond acceptors (Lipinski definition) is 4. The average molecular weight is 539 g/mol. The van der Waals surface area contributed by atoms with Crippen molar-refractivity contribution in [1.29, 1.82) is 0 Å². The molecule has 11 heteroatoms. The van der Waals surface area contributed by atoms with Crippen LogP contribution in [0.2, 0.25) is 0 Å². The Bertz CT molecular complexity index is 914. The summed E-state index contributed by atoms with van der Waals surface area (Å²) >= 11 is 0. The van der Waals surface area contributed by atoms with Crippen LogP contribution in [0.15, 0.2) is 52.6 Å². The summed E-state index contributed by atoms with van der Waals surface area (Å²) in [5, 5.41) is 6.01. The third-order valence-corrected chi connectivity index (χ3v) is 5.19. The molecule has 1 aromatic carbocycles. The minimum Gasteiger partial charge on any atom is -0.357 e. The molecule has 0 saturated heterocycles. The summed E-state index contributed by atoms with van der Waals surface area (Å²) in [6, 6.07) is 5.90. The van der Waals surface area contributed by atoms with Gasteiger partial charge < -0.3 is 10.6 Å². The van der Waals surface area contributed by atoms with E-state index in [0.29, 0.717) is 18.1 Å². The zero-order valence-corrected chi connectivity index (χ0v) is 19.2. The van der Waals surface area contributed by atoms with E-state index >= 15 is 0 Å². The van der Waals surface area contributed by atoms with Crippen LogP contribution in [0.25, 0.3) is 0 Å². The molecule has 0 spiro atoms. The van der Waals surface area contributed by atoms with Gasteiger partial charge in [-0.3, -0.25) is 9.98 Å². The lowest BCUT2D eigenvalue weighted by Crippen LogP contribution is -2.39. The standard InChI is InChI=1S/C18H23F2N5O2S.HI/c1-3-22-18(25-13(2)16-7-6-14(19)11-17(16)20)23-9-10-24-28(26,27)15-5-4-8-21-12-15;/h4-8,11-13,24H,3,9-10H2,1-2H3,(H2,22,23,25);1H. The molecule has 0 aliphatic heterocycles. The third kappa shape index (κ3) is 7.82. The Labute approximate surface area is 186 Å². The van der Waals surface area contributed by atoms with Crippen LogP contribution in [0.1, 0.15) is 25.5 Å². The molecular weight excluding hydrogens is 515 g/mol. The van der Waals surface area contributed by atoms with E-state index in [1.54, 1.807) is 6.92 Å². The van der Waals surface area contributed by atoms with E-state index in [1.807, 2.05) is 6.92 Å². The maximum atomic E-state index is 13.9. The number of hydrogen-bond donors (Lipinski definition) is 3. The lowest BCUT2D eigenvalue weighted by molar-refractivity contribution is 0.550. The fourth-order valence-corrected chi connectivity index (χ4v) is 3.38. The van der Waals surface area contributed by atoms with Crippen LogP contribution in [0.5, 0.6) is 0 Å². The van der Waals surface area contributed by atoms with Gasteiger partial charge in [-0.25, -0.2) is 21.9 Å². The summed E-state index contributed by atoms with van der Waals surface area (Å²) in [5.74, 6) is -0.908. The monoisotopic (exact) mass is 539 g/mol. The number of nitrogens with zero attached hydrogens (tertiary/aromatic N) is 2. The first-order valence-electron chi connectivity index (χ1n) is 8.73. The van der Waals surface area contributed by atoms with Gasteiger partial charge in [0.2, 0.25) is 10.0 Å². The van der Waals surface area contributed by atoms with Crippen molar-refractivity contribution in [2.24, 2.45) is 4.99 Å². The molecule has 0 aliphatic carbocycles. The highest BCUT2D eigenvalue weighted by Gasteiger charge is 2.14. The summed E-state index contributed by atoms with van der Waals surface area (Å²) < 4.78 is 53.7. The summed E-state index contributed by atoms with van der Waals surface area (Å²) in [6.07, 6.45) is 2.75. The van der Waals surface area contributed by atoms with E-state index in [2.05, 4.69) is 25.3 Å². The number of aromatic nitrogens is 1. The van der Waals surface area contributed by atoms with Crippen molar-refractivity contribution in [3.63, 3.8) is 0 Å². The van der Waals surface area contributed by atoms with Gasteiger partial charge in [-0.05, 0) is 32.0 Å². The summed E-state index contributed by atoms with van der Waals surface area (Å²) in [6.45, 7) is 4.38. The average Bonchev–Trinajstić information content (AvgIpc) is 2.66. The number of pyridine rings is 1. The van der Waals surface area contributed by atoms with Gasteiger partial charge in [0.1, 0.15) is 16.5 Å². The Balaban J connectivity index is 0.00000420. The smallest absolute Gasteiger partial charge is 0.242 e. The van der Waals surface area contributed by atoms with E-state index < -0.39 is 27.7 Å². The molecule has 1 unspecified atom stereocenters. The van der Waals surface area contributed by atoms with Gasteiger partial charge in [0.05, 0.1) is 12.6 Å². The van der Waals surface area contributed by atoms with Crippen molar-refractivity contribution in [3.8, 4) is 0 Å². The number of nitrogens with one attached hydrogen (secondary N) is 3. The molecule has 0 radical (unpaired) electrons. The Morgan fingerprint density at radius 3 is 2.66 bits per heavy atom. The van der Waals surface area contributed by atoms with Crippen molar-refractivity contribution in [1.82, 2.24) is 20.3 Å². The lowest BCUT2D eigenvalue weighted by atomic mass is 10.1. The molecule has 0 bridgehead atoms. The van der Waals surface area contributed by atoms with E-state index in [9.17, 15) is 17.2 Å². The van der Waals surface area contributed by atoms with Crippen LogP contribution in [0.3, 0.4) is 0 Å². The number of aliphatic imine (C=N–C) groups is 1. The number of rotatable bonds is 8. The van der Waals surface area contributed by atoms with Gasteiger partial charge in [0, 0.05) is 37.1 Å². The molecule has 160 valence electrons. The van der Waals surface area contributed by atoms with Crippen molar-refractivity contribution in [3.05, 3.63) is 59.9 Å². The quantitative estimate of drug-likeness (QED) is 0.208. The van der Waals surface area contributed by atoms with Crippen molar-refractivity contribution in [2.45, 2.75) is 24.8 Å². The van der Waals surface area contributed by atoms with Crippen molar-refractivity contribution < 1.29 is 17.2 Å². The van der Waals surface area contributed by atoms with E-state index in [0.717, 1.165) is 6.07 Å². The number of guanidine groups is 1. The van der Waals surface area contributed by atoms with E-state index in [1.165, 1.54) is 36.7 Å². The molecule has 29 heavy (non-hydrogen) atoms. The first kappa shape index (κ1) is 25.2. The van der Waals surface area contributed by atoms with Crippen LogP contribution in [-0.2, 0) is 10.0 Å². The number of halogens is 3. The molecule has 0 fully saturated rings. The van der Waals surface area contributed by atoms with Crippen LogP contribution in [0, 0.1) is 11.6 Å². The molecule has 3 N–H and O–H groups in total. The largest absolute Gasteiger partial charge is 0.357 e. The second-order valence-electron chi connectivity index (χ2n) is 5.88. The molecule has 1 heterocycles. The zero-order chi connectivity index (χ0) is 20.6. The zero-order valence-electron chi connectivity index (χ0n) is 16.0. The Kier molecular flexibility index (Phi) is 10.4. The topological polar surface area (TPSA) is 95.5 Å². The van der Waals surface area contributed by atoms with Crippen LogP contribution in [-0.4, -0.2) is 39.0 Å². The molecule has 2 rings (SSSR count). The van der Waals surface area contributed by atoms with Gasteiger partial charge in [0.25, 0.3) is 0 Å². The highest BCUT2D eigenvalue weighted by atomic mass is 127. The summed E-state index contributed by atoms with van der Waals surface area (Å²) in [4.78, 5) is 8.14. The molecule has 7 nitrogen and oxygen atoms in total. The minimum atomic E-state index is -3.65. The SMILES string of the molecule is CCNC(=NCCNS(=O)(=O)c1cccnc1)NC(C)c1ccc(F)cc1F.I. The van der Waals surface area contributed by atoms with Crippen molar-refractivity contribution >= 4 is 40.0 Å². The van der Waals surface area contributed by atoms with Gasteiger partial charge in [-0.1, -0.05) is 6.07 Å². The van der Waals surface area contributed by atoms with Gasteiger partial charge in [0.15, 0.2) is 5.96 Å². The lowest BCUT2D eigenvalue weighted by Gasteiger charge is -2.18. The summed E-state index contributed by atoms with van der Waals surface area (Å²) in [5.41, 5.74) is 0.296. The summed E-state index contributed by atoms with van der Waals surface area (Å²) in [7, 11) is -3.65. The predicted molar refractivity (Wildman–Crippen MR) is 119 cm³/mol. The van der Waals surface area contributed by atoms with E-state index in [4.69, 9.17) is 0 Å². The molecule has 0 saturated carbocycles. The van der Waals surface area contributed by atoms with E-state index in [-0.39, 0.29) is 42.0 Å². The normalized spacial score (nSPS) is 12.8. The predicted octanol–water partition coefficient (Wildman–Crippen LogP) is 2.57. The molecular formula is C18H24F2IN5O2S. The highest BCUT2D eigenvalue weighted by Crippen LogP contribution is 2.17. The Hall–Kier alpha value is -1.86. The second kappa shape index (κ2) is 12.0. The van der Waals surface area contributed by atoms with Crippen LogP contribution < -0.4 is 15.4 Å². The number of sulfonamides is 1. The van der Waals surface area contributed by atoms with Gasteiger partial charge in [-0.2, -0.15) is 0 Å². The molecule has 2 aromatic rings. The Morgan fingerprint density at radius 1 is 1.28 bits per heavy atom. The van der Waals surface area contributed by atoms with Crippen LogP contribution in [0.4, 0.5) is 8.78 Å². The van der Waals surface area contributed by atoms with Crippen LogP contribution >= 0.6 is 24.0 Å². The molecule has 0 aliphatic rings. The molecule has 1 aromatic heterocycles. The fourth-order valence-electron chi connectivity index (χ4n) is 2.39. The highest BCUT2D eigenvalue weighted by molar-refractivity contribution is 14.0. The number of benzene rings is 1. The maximum absolute atomic E-state index is 13.9. The van der Waals surface area contributed by atoms with Gasteiger partial charge in [-0.15, -0.1) is 24.0 Å². The minimum absolute atomic E-state index is 0. The van der Waals surface area contributed by atoms with Crippen molar-refractivity contribution in [2.75, 3.05) is 19.6 Å². The second-order valence-corrected chi connectivity index (χ2v) is 7.65. The molecule has 0 amide bonds. The van der Waals surface area contributed by atoms with Gasteiger partial charge >= 0.3 is 0 Å². The fraction of sp³-hybridized carbons (Fsp3) is 0.333. The molecule has 1 atom stereocenters. The maximum Gasteiger partial charge on any atom is 0.242 e. The third-order valence-electron chi connectivity index (χ3n) is 3.74. The Morgan fingerprint density at radius 2 is 2.03 bits per heavy atom. The first-order chi connectivity index (χ1) is 13.3. The first-order valence-corrected chi connectivity index (χ1v) is 10.2.